The summed E-state index contributed by atoms with van der Waals surface area (Å²) in [6.45, 7) is 8.54. The summed E-state index contributed by atoms with van der Waals surface area (Å²) in [7, 11) is 0. The van der Waals surface area contributed by atoms with E-state index in [0.717, 1.165) is 24.0 Å². The van der Waals surface area contributed by atoms with Crippen molar-refractivity contribution in [2.24, 2.45) is 10.7 Å². The van der Waals surface area contributed by atoms with Gasteiger partial charge >= 0.3 is 0 Å². The number of carbonyl (C=O) groups is 1. The fourth-order valence-electron chi connectivity index (χ4n) is 4.38. The number of hydrogen-bond acceptors (Lipinski definition) is 4. The van der Waals surface area contributed by atoms with E-state index >= 15 is 0 Å². The number of likely N-dealkylation sites (tertiary alicyclic amines) is 1. The molecule has 4 rings (SSSR count). The quantitative estimate of drug-likeness (QED) is 0.374. The van der Waals surface area contributed by atoms with Crippen LogP contribution in [0.4, 0.5) is 4.39 Å². The van der Waals surface area contributed by atoms with Crippen LogP contribution in [0, 0.1) is 5.82 Å². The molecule has 2 aromatic heterocycles. The average molecular weight is 470 g/mol. The molecule has 1 amide bonds. The Hall–Kier alpha value is -4.26. The molecule has 35 heavy (non-hydrogen) atoms. The molecule has 1 aromatic carbocycles. The van der Waals surface area contributed by atoms with Crippen LogP contribution in [0.3, 0.4) is 0 Å². The fourth-order valence-corrected chi connectivity index (χ4v) is 4.38. The maximum absolute atomic E-state index is 14.7. The Morgan fingerprint density at radius 3 is 2.74 bits per heavy atom. The van der Waals surface area contributed by atoms with Gasteiger partial charge in [-0.1, -0.05) is 49.6 Å². The highest BCUT2D eigenvalue weighted by Crippen LogP contribution is 2.31. The van der Waals surface area contributed by atoms with Gasteiger partial charge in [0.1, 0.15) is 11.5 Å². The van der Waals surface area contributed by atoms with Gasteiger partial charge in [0.2, 0.25) is 0 Å². The molecule has 0 spiro atoms. The summed E-state index contributed by atoms with van der Waals surface area (Å²) in [5, 5.41) is 4.56. The van der Waals surface area contributed by atoms with Crippen molar-refractivity contribution in [2.45, 2.75) is 18.9 Å². The number of fused-ring (bicyclic) bond motifs is 1. The van der Waals surface area contributed by atoms with Crippen molar-refractivity contribution in [1.29, 1.82) is 0 Å². The number of hydrogen-bond donors (Lipinski definition) is 1. The third-order valence-electron chi connectivity index (χ3n) is 6.10. The lowest BCUT2D eigenvalue weighted by atomic mass is 10.0. The van der Waals surface area contributed by atoms with Crippen LogP contribution in [0.2, 0.25) is 0 Å². The minimum absolute atomic E-state index is 0.0829. The topological polar surface area (TPSA) is 76.0 Å². The zero-order chi connectivity index (χ0) is 24.8. The van der Waals surface area contributed by atoms with Crippen molar-refractivity contribution in [2.75, 3.05) is 13.1 Å². The number of aromatic nitrogens is 2. The van der Waals surface area contributed by atoms with Crippen molar-refractivity contribution in [3.63, 3.8) is 0 Å². The molecule has 2 N–H and O–H groups in total. The fraction of sp³-hybridized carbons (Fsp3) is 0.179. The first kappa shape index (κ1) is 23.9. The maximum Gasteiger partial charge on any atom is 0.258 e. The highest BCUT2D eigenvalue weighted by atomic mass is 19.1. The minimum Gasteiger partial charge on any atom is -0.404 e. The number of amides is 1. The van der Waals surface area contributed by atoms with Gasteiger partial charge in [0.15, 0.2) is 0 Å². The molecule has 178 valence electrons. The molecular formula is C28H28FN5O. The zero-order valence-electron chi connectivity index (χ0n) is 19.5. The van der Waals surface area contributed by atoms with Gasteiger partial charge in [0.25, 0.3) is 5.91 Å². The van der Waals surface area contributed by atoms with Crippen LogP contribution in [0.15, 0.2) is 102 Å². The van der Waals surface area contributed by atoms with E-state index in [1.54, 1.807) is 53.4 Å². The maximum atomic E-state index is 14.7. The molecule has 3 aromatic rings. The van der Waals surface area contributed by atoms with Gasteiger partial charge < -0.3 is 10.6 Å². The van der Waals surface area contributed by atoms with E-state index in [1.165, 1.54) is 12.3 Å². The Morgan fingerprint density at radius 1 is 1.20 bits per heavy atom. The Bertz CT molecular complexity index is 1350. The number of rotatable bonds is 8. The van der Waals surface area contributed by atoms with Crippen LogP contribution in [-0.4, -0.2) is 45.8 Å². The van der Waals surface area contributed by atoms with E-state index in [0.29, 0.717) is 35.4 Å². The molecule has 0 radical (unpaired) electrons. The monoisotopic (exact) mass is 469 g/mol. The summed E-state index contributed by atoms with van der Waals surface area (Å²) in [4.78, 5) is 20.3. The standard InChI is InChI=1S/C28H28FN5O/c1-3-10-20(4-2)21(17-30)18-31-19-22-11-9-15-33(22)28(35)26-25-14-7-8-16-34(25)32-27(26)23-12-5-6-13-24(23)29/h3-8,10,12-14,16-18,22H,1-2,9,11,15,19,30H2/b20-10+,21-17+,31-18?. The molecule has 0 saturated carbocycles. The van der Waals surface area contributed by atoms with Crippen LogP contribution in [-0.2, 0) is 0 Å². The Morgan fingerprint density at radius 2 is 2.00 bits per heavy atom. The lowest BCUT2D eigenvalue weighted by Gasteiger charge is -2.23. The van der Waals surface area contributed by atoms with Crippen LogP contribution in [0.5, 0.6) is 0 Å². The van der Waals surface area contributed by atoms with E-state index in [-0.39, 0.29) is 11.9 Å². The summed E-state index contributed by atoms with van der Waals surface area (Å²) >= 11 is 0. The molecular weight excluding hydrogens is 441 g/mol. The first-order valence-corrected chi connectivity index (χ1v) is 11.5. The normalized spacial score (nSPS) is 16.8. The second-order valence-electron chi connectivity index (χ2n) is 8.21. The summed E-state index contributed by atoms with van der Waals surface area (Å²) in [6, 6.07) is 11.8. The van der Waals surface area contributed by atoms with E-state index < -0.39 is 5.82 Å². The molecule has 6 nitrogen and oxygen atoms in total. The SMILES string of the molecule is C=C/C=C(C=C)/C(C=NCC1CCCN1C(=O)c1c(-c2ccccc2F)nn2ccccc12)=C/N. The smallest absolute Gasteiger partial charge is 0.258 e. The number of pyridine rings is 1. The largest absolute Gasteiger partial charge is 0.404 e. The molecule has 0 aliphatic carbocycles. The first-order valence-electron chi connectivity index (χ1n) is 11.5. The van der Waals surface area contributed by atoms with Crippen LogP contribution in [0.25, 0.3) is 16.8 Å². The lowest BCUT2D eigenvalue weighted by Crippen LogP contribution is -2.37. The molecule has 1 aliphatic rings. The second kappa shape index (κ2) is 10.8. The molecule has 3 heterocycles. The number of nitrogens with two attached hydrogens (primary N) is 1. The number of carbonyl (C=O) groups excluding carboxylic acids is 1. The Labute approximate surface area is 204 Å². The van der Waals surface area contributed by atoms with E-state index in [9.17, 15) is 9.18 Å². The van der Waals surface area contributed by atoms with Gasteiger partial charge in [-0.05, 0) is 42.7 Å². The number of allylic oxidation sites excluding steroid dienone is 5. The van der Waals surface area contributed by atoms with Crippen molar-refractivity contribution in [3.05, 3.63) is 109 Å². The first-order chi connectivity index (χ1) is 17.1. The molecule has 1 fully saturated rings. The van der Waals surface area contributed by atoms with Gasteiger partial charge in [0.05, 0.1) is 23.7 Å². The van der Waals surface area contributed by atoms with Gasteiger partial charge in [-0.25, -0.2) is 8.91 Å². The number of benzene rings is 1. The molecule has 1 aliphatic heterocycles. The third kappa shape index (κ3) is 4.84. The van der Waals surface area contributed by atoms with Crippen molar-refractivity contribution >= 4 is 17.6 Å². The van der Waals surface area contributed by atoms with Crippen molar-refractivity contribution in [3.8, 4) is 11.3 Å². The third-order valence-corrected chi connectivity index (χ3v) is 6.10. The number of halogens is 1. The Kier molecular flexibility index (Phi) is 7.35. The van der Waals surface area contributed by atoms with E-state index in [1.807, 2.05) is 23.1 Å². The van der Waals surface area contributed by atoms with Gasteiger partial charge in [0, 0.05) is 36.3 Å². The van der Waals surface area contributed by atoms with Crippen molar-refractivity contribution < 1.29 is 9.18 Å². The predicted molar refractivity (Wildman–Crippen MR) is 139 cm³/mol. The second-order valence-corrected chi connectivity index (χ2v) is 8.21. The van der Waals surface area contributed by atoms with Crippen molar-refractivity contribution in [1.82, 2.24) is 14.5 Å². The molecule has 1 atom stereocenters. The summed E-state index contributed by atoms with van der Waals surface area (Å²) in [5.41, 5.74) is 8.99. The molecule has 7 heteroatoms. The van der Waals surface area contributed by atoms with Gasteiger partial charge in [-0.2, -0.15) is 5.10 Å². The van der Waals surface area contributed by atoms with Gasteiger partial charge in [-0.15, -0.1) is 0 Å². The highest BCUT2D eigenvalue weighted by molar-refractivity contribution is 6.06. The van der Waals surface area contributed by atoms with E-state index in [2.05, 4.69) is 23.2 Å². The number of aliphatic imine (C=N–C) groups is 1. The van der Waals surface area contributed by atoms with Crippen LogP contribution in [0.1, 0.15) is 23.2 Å². The summed E-state index contributed by atoms with van der Waals surface area (Å²) < 4.78 is 16.3. The highest BCUT2D eigenvalue weighted by Gasteiger charge is 2.33. The molecule has 0 bridgehead atoms. The zero-order valence-corrected chi connectivity index (χ0v) is 19.5. The summed E-state index contributed by atoms with van der Waals surface area (Å²) in [5.74, 6) is -0.589. The van der Waals surface area contributed by atoms with Gasteiger partial charge in [-0.3, -0.25) is 9.79 Å². The van der Waals surface area contributed by atoms with Crippen LogP contribution < -0.4 is 5.73 Å². The average Bonchev–Trinajstić information content (AvgIpc) is 3.50. The molecule has 1 saturated heterocycles. The minimum atomic E-state index is -0.417. The predicted octanol–water partition coefficient (Wildman–Crippen LogP) is 4.96. The van der Waals surface area contributed by atoms with Crippen LogP contribution >= 0.6 is 0 Å². The Balaban J connectivity index is 1.64. The summed E-state index contributed by atoms with van der Waals surface area (Å²) in [6.07, 6.45) is 11.8. The van der Waals surface area contributed by atoms with E-state index in [4.69, 9.17) is 5.73 Å². The molecule has 1 unspecified atom stereocenters. The lowest BCUT2D eigenvalue weighted by molar-refractivity contribution is 0.0744. The number of nitrogens with zero attached hydrogens (tertiary/aromatic N) is 4.